The summed E-state index contributed by atoms with van der Waals surface area (Å²) in [5.41, 5.74) is 0.558. The average molecular weight is 128 g/mol. The fourth-order valence-electron chi connectivity index (χ4n) is 1.71. The molecule has 0 aromatic carbocycles. The fourth-order valence-corrected chi connectivity index (χ4v) is 1.71. The Kier molecular flexibility index (Phi) is 1.08. The number of ether oxygens (including phenoxy) is 1. The van der Waals surface area contributed by atoms with Crippen molar-refractivity contribution in [3.05, 3.63) is 0 Å². The summed E-state index contributed by atoms with van der Waals surface area (Å²) in [5, 5.41) is 8.59. The molecule has 1 atom stereocenters. The van der Waals surface area contributed by atoms with Gasteiger partial charge in [-0.15, -0.1) is 0 Å². The standard InChI is InChI=1S/C7H12O2/c8-2-1-6-3-7(6)4-9-5-7/h6,8H,1-5H2. The summed E-state index contributed by atoms with van der Waals surface area (Å²) < 4.78 is 5.09. The molecule has 0 aromatic heterocycles. The number of hydrogen-bond donors (Lipinski definition) is 1. The van der Waals surface area contributed by atoms with Crippen molar-refractivity contribution >= 4 is 0 Å². The second kappa shape index (κ2) is 1.70. The third-order valence-corrected chi connectivity index (χ3v) is 2.62. The lowest BCUT2D eigenvalue weighted by atomic mass is 10.0. The van der Waals surface area contributed by atoms with Gasteiger partial charge in [0.15, 0.2) is 0 Å². The van der Waals surface area contributed by atoms with Crippen molar-refractivity contribution in [1.29, 1.82) is 0 Å². The Balaban J connectivity index is 1.80. The molecule has 0 aromatic rings. The molecule has 2 heteroatoms. The molecule has 2 aliphatic rings. The molecule has 0 bridgehead atoms. The highest BCUT2D eigenvalue weighted by atomic mass is 16.5. The van der Waals surface area contributed by atoms with Crippen LogP contribution in [0.15, 0.2) is 0 Å². The zero-order valence-corrected chi connectivity index (χ0v) is 5.47. The summed E-state index contributed by atoms with van der Waals surface area (Å²) in [5.74, 6) is 0.788. The van der Waals surface area contributed by atoms with E-state index in [2.05, 4.69) is 0 Å². The quantitative estimate of drug-likeness (QED) is 0.583. The average Bonchev–Trinajstić information content (AvgIpc) is 2.41. The molecule has 1 heterocycles. The molecule has 1 saturated heterocycles. The minimum atomic E-state index is 0.354. The smallest absolute Gasteiger partial charge is 0.0547 e. The number of rotatable bonds is 2. The van der Waals surface area contributed by atoms with E-state index in [1.165, 1.54) is 6.42 Å². The topological polar surface area (TPSA) is 29.5 Å². The third-order valence-electron chi connectivity index (χ3n) is 2.62. The first-order valence-electron chi connectivity index (χ1n) is 3.56. The van der Waals surface area contributed by atoms with Crippen molar-refractivity contribution in [2.45, 2.75) is 12.8 Å². The van der Waals surface area contributed by atoms with Crippen LogP contribution >= 0.6 is 0 Å². The van der Waals surface area contributed by atoms with Crippen molar-refractivity contribution in [1.82, 2.24) is 0 Å². The summed E-state index contributed by atoms with van der Waals surface area (Å²) in [4.78, 5) is 0. The predicted molar refractivity (Wildman–Crippen MR) is 33.1 cm³/mol. The molecule has 1 aliphatic heterocycles. The molecule has 0 amide bonds. The Morgan fingerprint density at radius 3 is 2.67 bits per heavy atom. The molecule has 0 radical (unpaired) electrons. The van der Waals surface area contributed by atoms with Crippen LogP contribution in [0, 0.1) is 11.3 Å². The van der Waals surface area contributed by atoms with E-state index < -0.39 is 0 Å². The molecule has 1 aliphatic carbocycles. The molecule has 1 unspecified atom stereocenters. The summed E-state index contributed by atoms with van der Waals surface area (Å²) in [7, 11) is 0. The molecule has 2 nitrogen and oxygen atoms in total. The summed E-state index contributed by atoms with van der Waals surface area (Å²) >= 11 is 0. The predicted octanol–water partition coefficient (Wildman–Crippen LogP) is 0.405. The van der Waals surface area contributed by atoms with E-state index in [4.69, 9.17) is 9.84 Å². The van der Waals surface area contributed by atoms with E-state index in [1.54, 1.807) is 0 Å². The minimum Gasteiger partial charge on any atom is -0.396 e. The van der Waals surface area contributed by atoms with Crippen LogP contribution in [0.1, 0.15) is 12.8 Å². The van der Waals surface area contributed by atoms with E-state index in [-0.39, 0.29) is 0 Å². The first kappa shape index (κ1) is 5.69. The second-order valence-electron chi connectivity index (χ2n) is 3.27. The maximum absolute atomic E-state index is 8.59. The highest BCUT2D eigenvalue weighted by Crippen LogP contribution is 2.58. The van der Waals surface area contributed by atoms with Gasteiger partial charge in [-0.3, -0.25) is 0 Å². The first-order valence-corrected chi connectivity index (χ1v) is 3.56. The van der Waals surface area contributed by atoms with Crippen molar-refractivity contribution in [3.8, 4) is 0 Å². The van der Waals surface area contributed by atoms with Gasteiger partial charge in [-0.05, 0) is 18.8 Å². The molecule has 2 fully saturated rings. The van der Waals surface area contributed by atoms with Crippen LogP contribution in [0.3, 0.4) is 0 Å². The molecule has 1 N–H and O–H groups in total. The van der Waals surface area contributed by atoms with Gasteiger partial charge in [0.25, 0.3) is 0 Å². The van der Waals surface area contributed by atoms with E-state index >= 15 is 0 Å². The van der Waals surface area contributed by atoms with Crippen molar-refractivity contribution in [2.75, 3.05) is 19.8 Å². The Morgan fingerprint density at radius 1 is 1.56 bits per heavy atom. The van der Waals surface area contributed by atoms with Gasteiger partial charge in [-0.25, -0.2) is 0 Å². The summed E-state index contributed by atoms with van der Waals surface area (Å²) in [6.45, 7) is 2.27. The maximum atomic E-state index is 8.59. The molecular weight excluding hydrogens is 116 g/mol. The molecular formula is C7H12O2. The van der Waals surface area contributed by atoms with E-state index in [0.717, 1.165) is 25.6 Å². The lowest BCUT2D eigenvalue weighted by Gasteiger charge is -2.27. The number of aliphatic hydroxyl groups is 1. The van der Waals surface area contributed by atoms with E-state index in [9.17, 15) is 0 Å². The second-order valence-corrected chi connectivity index (χ2v) is 3.27. The van der Waals surface area contributed by atoms with Crippen LogP contribution in [0.4, 0.5) is 0 Å². The molecule has 1 spiro atoms. The molecule has 1 saturated carbocycles. The normalized spacial score (nSPS) is 36.3. The lowest BCUT2D eigenvalue weighted by molar-refractivity contribution is -0.0601. The summed E-state index contributed by atoms with van der Waals surface area (Å²) in [6, 6.07) is 0. The highest BCUT2D eigenvalue weighted by Gasteiger charge is 2.58. The number of aliphatic hydroxyl groups excluding tert-OH is 1. The Morgan fingerprint density at radius 2 is 2.33 bits per heavy atom. The molecule has 2 rings (SSSR count). The SMILES string of the molecule is OCCC1CC12COC2. The van der Waals surface area contributed by atoms with Crippen molar-refractivity contribution in [2.24, 2.45) is 11.3 Å². The van der Waals surface area contributed by atoms with Crippen LogP contribution < -0.4 is 0 Å². The third kappa shape index (κ3) is 0.700. The zero-order valence-electron chi connectivity index (χ0n) is 5.47. The van der Waals surface area contributed by atoms with Gasteiger partial charge in [-0.2, -0.15) is 0 Å². The van der Waals surface area contributed by atoms with Gasteiger partial charge < -0.3 is 9.84 Å². The molecule has 9 heavy (non-hydrogen) atoms. The zero-order chi connectivity index (χ0) is 6.32. The van der Waals surface area contributed by atoms with Crippen molar-refractivity contribution < 1.29 is 9.84 Å². The summed E-state index contributed by atoms with van der Waals surface area (Å²) in [6.07, 6.45) is 2.29. The Bertz CT molecular complexity index is 116. The molecule has 52 valence electrons. The first-order chi connectivity index (χ1) is 4.37. The van der Waals surface area contributed by atoms with Crippen LogP contribution in [-0.2, 0) is 4.74 Å². The Hall–Kier alpha value is -0.0800. The maximum Gasteiger partial charge on any atom is 0.0547 e. The monoisotopic (exact) mass is 128 g/mol. The Labute approximate surface area is 54.8 Å². The fraction of sp³-hybridized carbons (Fsp3) is 1.00. The minimum absolute atomic E-state index is 0.354. The van der Waals surface area contributed by atoms with E-state index in [0.29, 0.717) is 12.0 Å². The highest BCUT2D eigenvalue weighted by molar-refractivity contribution is 5.06. The number of hydrogen-bond acceptors (Lipinski definition) is 2. The van der Waals surface area contributed by atoms with Gasteiger partial charge in [0.1, 0.15) is 0 Å². The van der Waals surface area contributed by atoms with Gasteiger partial charge in [-0.1, -0.05) is 0 Å². The van der Waals surface area contributed by atoms with Crippen LogP contribution in [0.2, 0.25) is 0 Å². The van der Waals surface area contributed by atoms with E-state index in [1.807, 2.05) is 0 Å². The van der Waals surface area contributed by atoms with Gasteiger partial charge >= 0.3 is 0 Å². The van der Waals surface area contributed by atoms with Gasteiger partial charge in [0, 0.05) is 12.0 Å². The van der Waals surface area contributed by atoms with Crippen LogP contribution in [-0.4, -0.2) is 24.9 Å². The van der Waals surface area contributed by atoms with Crippen LogP contribution in [0.5, 0.6) is 0 Å². The van der Waals surface area contributed by atoms with Crippen molar-refractivity contribution in [3.63, 3.8) is 0 Å². The van der Waals surface area contributed by atoms with Gasteiger partial charge in [0.05, 0.1) is 13.2 Å². The van der Waals surface area contributed by atoms with Crippen LogP contribution in [0.25, 0.3) is 0 Å². The van der Waals surface area contributed by atoms with Gasteiger partial charge in [0.2, 0.25) is 0 Å². The largest absolute Gasteiger partial charge is 0.396 e. The lowest BCUT2D eigenvalue weighted by Crippen LogP contribution is -2.31.